The van der Waals surface area contributed by atoms with Crippen LogP contribution in [0.5, 0.6) is 0 Å². The Morgan fingerprint density at radius 1 is 1.44 bits per heavy atom. The van der Waals surface area contributed by atoms with Crippen molar-refractivity contribution >= 4 is 23.4 Å². The summed E-state index contributed by atoms with van der Waals surface area (Å²) in [5.74, 6) is -0.609. The fraction of sp³-hybridized carbons (Fsp3) is 0.400. The summed E-state index contributed by atoms with van der Waals surface area (Å²) in [6.07, 6.45) is 3.05. The second-order valence-electron chi connectivity index (χ2n) is 3.29. The lowest BCUT2D eigenvalue weighted by molar-refractivity contribution is -0.118. The van der Waals surface area contributed by atoms with E-state index in [9.17, 15) is 9.59 Å². The molecule has 1 rings (SSSR count). The van der Waals surface area contributed by atoms with Crippen LogP contribution in [0.3, 0.4) is 0 Å². The summed E-state index contributed by atoms with van der Waals surface area (Å²) < 4.78 is 4.79. The van der Waals surface area contributed by atoms with Crippen molar-refractivity contribution in [2.75, 3.05) is 6.54 Å². The lowest BCUT2D eigenvalue weighted by Crippen LogP contribution is -2.24. The number of unbranched alkanes of at least 4 members (excludes halogenated alkanes) is 1. The van der Waals surface area contributed by atoms with E-state index in [1.165, 1.54) is 12.3 Å². The molecule has 1 heterocycles. The molecule has 0 aliphatic carbocycles. The van der Waals surface area contributed by atoms with Gasteiger partial charge in [-0.25, -0.2) is 0 Å². The van der Waals surface area contributed by atoms with Gasteiger partial charge in [0, 0.05) is 13.0 Å². The van der Waals surface area contributed by atoms with E-state index in [-0.39, 0.29) is 17.0 Å². The first-order chi connectivity index (χ1) is 7.61. The number of nitrogens with two attached hydrogens (primary N) is 1. The van der Waals surface area contributed by atoms with Crippen LogP contribution < -0.4 is 11.1 Å². The minimum absolute atomic E-state index is 0.0784. The van der Waals surface area contributed by atoms with Crippen molar-refractivity contribution in [2.24, 2.45) is 5.73 Å². The Morgan fingerprint density at radius 3 is 2.75 bits per heavy atom. The zero-order chi connectivity index (χ0) is 12.0. The van der Waals surface area contributed by atoms with Gasteiger partial charge in [0.25, 0.3) is 5.91 Å². The number of nitrogens with one attached hydrogen (secondary N) is 1. The third-order valence-corrected chi connectivity index (χ3v) is 2.29. The van der Waals surface area contributed by atoms with E-state index in [1.54, 1.807) is 0 Å². The fourth-order valence-electron chi connectivity index (χ4n) is 1.18. The number of carbonyl (C=O) groups excluding carboxylic acids is 2. The molecule has 0 aliphatic rings. The average molecular weight is 245 g/mol. The normalized spacial score (nSPS) is 10.1. The van der Waals surface area contributed by atoms with E-state index in [2.05, 4.69) is 5.32 Å². The van der Waals surface area contributed by atoms with Crippen LogP contribution >= 0.6 is 11.6 Å². The van der Waals surface area contributed by atoms with Gasteiger partial charge in [0.2, 0.25) is 11.1 Å². The zero-order valence-corrected chi connectivity index (χ0v) is 9.42. The van der Waals surface area contributed by atoms with Gasteiger partial charge < -0.3 is 15.5 Å². The quantitative estimate of drug-likeness (QED) is 0.740. The van der Waals surface area contributed by atoms with Crippen LogP contribution in [0.1, 0.15) is 29.6 Å². The highest BCUT2D eigenvalue weighted by atomic mass is 35.5. The SMILES string of the molecule is NC(=O)CCCCNC(=O)c1ccoc1Cl. The van der Waals surface area contributed by atoms with E-state index in [4.69, 9.17) is 21.8 Å². The van der Waals surface area contributed by atoms with Crippen LogP contribution in [0, 0.1) is 0 Å². The fourth-order valence-corrected chi connectivity index (χ4v) is 1.38. The Hall–Kier alpha value is -1.49. The maximum absolute atomic E-state index is 11.5. The molecule has 0 radical (unpaired) electrons. The van der Waals surface area contributed by atoms with Crippen molar-refractivity contribution in [2.45, 2.75) is 19.3 Å². The van der Waals surface area contributed by atoms with Gasteiger partial charge in [-0.05, 0) is 30.5 Å². The summed E-state index contributed by atoms with van der Waals surface area (Å²) in [5.41, 5.74) is 5.29. The summed E-state index contributed by atoms with van der Waals surface area (Å²) in [6.45, 7) is 0.480. The van der Waals surface area contributed by atoms with Crippen LogP contribution in [0.25, 0.3) is 0 Å². The van der Waals surface area contributed by atoms with Gasteiger partial charge in [-0.15, -0.1) is 0 Å². The minimum Gasteiger partial charge on any atom is -0.452 e. The van der Waals surface area contributed by atoms with Crippen LogP contribution in [0.2, 0.25) is 5.22 Å². The highest BCUT2D eigenvalue weighted by molar-refractivity contribution is 6.32. The monoisotopic (exact) mass is 244 g/mol. The van der Waals surface area contributed by atoms with Gasteiger partial charge in [0.1, 0.15) is 0 Å². The molecule has 16 heavy (non-hydrogen) atoms. The standard InChI is InChI=1S/C10H13ClN2O3/c11-9-7(4-6-16-9)10(15)13-5-2-1-3-8(12)14/h4,6H,1-3,5H2,(H2,12,14)(H,13,15). The first-order valence-electron chi connectivity index (χ1n) is 4.90. The highest BCUT2D eigenvalue weighted by Gasteiger charge is 2.11. The molecule has 0 saturated heterocycles. The third kappa shape index (κ3) is 3.94. The Kier molecular flexibility index (Phi) is 4.85. The predicted molar refractivity (Wildman–Crippen MR) is 59.1 cm³/mol. The molecule has 88 valence electrons. The van der Waals surface area contributed by atoms with Gasteiger partial charge in [0.05, 0.1) is 11.8 Å². The first kappa shape index (κ1) is 12.6. The van der Waals surface area contributed by atoms with Crippen molar-refractivity contribution in [3.05, 3.63) is 23.1 Å². The van der Waals surface area contributed by atoms with Crippen molar-refractivity contribution in [3.8, 4) is 0 Å². The number of halogens is 1. The molecule has 0 fully saturated rings. The molecule has 0 spiro atoms. The van der Waals surface area contributed by atoms with Gasteiger partial charge >= 0.3 is 0 Å². The van der Waals surface area contributed by atoms with E-state index in [1.807, 2.05) is 0 Å². The summed E-state index contributed by atoms with van der Waals surface area (Å²) in [5, 5.41) is 2.74. The molecule has 1 aromatic heterocycles. The number of hydrogen-bond donors (Lipinski definition) is 2. The molecule has 3 N–H and O–H groups in total. The number of carbonyl (C=O) groups is 2. The Labute approximate surface area is 97.9 Å². The molecule has 0 unspecified atom stereocenters. The predicted octanol–water partition coefficient (Wildman–Crippen LogP) is 1.32. The summed E-state index contributed by atoms with van der Waals surface area (Å²) in [7, 11) is 0. The molecule has 6 heteroatoms. The molecular formula is C10H13ClN2O3. The van der Waals surface area contributed by atoms with Crippen LogP contribution in [0.4, 0.5) is 0 Å². The topological polar surface area (TPSA) is 85.3 Å². The smallest absolute Gasteiger partial charge is 0.256 e. The van der Waals surface area contributed by atoms with Gasteiger partial charge in [0.15, 0.2) is 0 Å². The molecule has 0 atom stereocenters. The number of primary amides is 1. The maximum atomic E-state index is 11.5. The lowest BCUT2D eigenvalue weighted by Gasteiger charge is -2.02. The van der Waals surface area contributed by atoms with Crippen molar-refractivity contribution in [1.82, 2.24) is 5.32 Å². The minimum atomic E-state index is -0.329. The largest absolute Gasteiger partial charge is 0.452 e. The van der Waals surface area contributed by atoms with Gasteiger partial charge in [-0.2, -0.15) is 0 Å². The average Bonchev–Trinajstić information content (AvgIpc) is 2.63. The Bertz CT molecular complexity index is 376. The lowest BCUT2D eigenvalue weighted by atomic mass is 10.2. The molecule has 5 nitrogen and oxygen atoms in total. The summed E-state index contributed by atoms with van der Waals surface area (Å²) >= 11 is 5.63. The highest BCUT2D eigenvalue weighted by Crippen LogP contribution is 2.15. The molecule has 0 aromatic carbocycles. The van der Waals surface area contributed by atoms with E-state index < -0.39 is 0 Å². The molecule has 1 aromatic rings. The second kappa shape index (κ2) is 6.17. The van der Waals surface area contributed by atoms with Crippen LogP contribution in [-0.4, -0.2) is 18.4 Å². The number of amides is 2. The molecule has 0 aliphatic heterocycles. The Balaban J connectivity index is 2.21. The number of hydrogen-bond acceptors (Lipinski definition) is 3. The van der Waals surface area contributed by atoms with E-state index in [0.29, 0.717) is 31.4 Å². The van der Waals surface area contributed by atoms with Crippen molar-refractivity contribution in [1.29, 1.82) is 0 Å². The van der Waals surface area contributed by atoms with E-state index >= 15 is 0 Å². The van der Waals surface area contributed by atoms with Crippen LogP contribution in [-0.2, 0) is 4.79 Å². The van der Waals surface area contributed by atoms with Crippen LogP contribution in [0.15, 0.2) is 16.7 Å². The van der Waals surface area contributed by atoms with E-state index in [0.717, 1.165) is 0 Å². The summed E-state index contributed by atoms with van der Waals surface area (Å²) in [6, 6.07) is 1.50. The van der Waals surface area contributed by atoms with Crippen molar-refractivity contribution in [3.63, 3.8) is 0 Å². The second-order valence-corrected chi connectivity index (χ2v) is 3.63. The number of rotatable bonds is 6. The summed E-state index contributed by atoms with van der Waals surface area (Å²) in [4.78, 5) is 21.9. The molecule has 0 saturated carbocycles. The maximum Gasteiger partial charge on any atom is 0.256 e. The molecule has 0 bridgehead atoms. The first-order valence-corrected chi connectivity index (χ1v) is 5.28. The Morgan fingerprint density at radius 2 is 2.19 bits per heavy atom. The third-order valence-electron chi connectivity index (χ3n) is 2.00. The zero-order valence-electron chi connectivity index (χ0n) is 8.66. The molecule has 2 amide bonds. The number of furan rings is 1. The van der Waals surface area contributed by atoms with Gasteiger partial charge in [-0.3, -0.25) is 9.59 Å². The van der Waals surface area contributed by atoms with Crippen molar-refractivity contribution < 1.29 is 14.0 Å². The molecular weight excluding hydrogens is 232 g/mol. The van der Waals surface area contributed by atoms with Gasteiger partial charge in [-0.1, -0.05) is 0 Å².